The topological polar surface area (TPSA) is 41.4 Å². The zero-order valence-corrected chi connectivity index (χ0v) is 15.7. The Kier molecular flexibility index (Phi) is 5.23. The first kappa shape index (κ1) is 17.7. The quantitative estimate of drug-likeness (QED) is 0.859. The second kappa shape index (κ2) is 7.40. The highest BCUT2D eigenvalue weighted by Crippen LogP contribution is 2.23. The van der Waals surface area contributed by atoms with E-state index < -0.39 is 0 Å². The van der Waals surface area contributed by atoms with Crippen LogP contribution in [0.15, 0.2) is 30.3 Å². The minimum absolute atomic E-state index is 0.0383. The van der Waals surface area contributed by atoms with Gasteiger partial charge in [0.1, 0.15) is 0 Å². The minimum atomic E-state index is 0.0383. The number of benzene rings is 1. The van der Waals surface area contributed by atoms with Gasteiger partial charge in [-0.2, -0.15) is 5.10 Å². The van der Waals surface area contributed by atoms with E-state index >= 15 is 0 Å². The molecule has 1 aromatic heterocycles. The van der Waals surface area contributed by atoms with Crippen LogP contribution in [0.4, 0.5) is 0 Å². The van der Waals surface area contributed by atoms with Crippen molar-refractivity contribution in [2.45, 2.75) is 26.7 Å². The van der Waals surface area contributed by atoms with Gasteiger partial charge in [0.15, 0.2) is 5.69 Å². The van der Waals surface area contributed by atoms with Crippen LogP contribution in [-0.2, 0) is 7.05 Å². The van der Waals surface area contributed by atoms with E-state index in [0.717, 1.165) is 44.0 Å². The molecule has 1 aromatic carbocycles. The van der Waals surface area contributed by atoms with Gasteiger partial charge in [-0.3, -0.25) is 9.48 Å². The molecular weight excluding hydrogens is 312 g/mol. The lowest BCUT2D eigenvalue weighted by Gasteiger charge is -2.33. The van der Waals surface area contributed by atoms with Gasteiger partial charge in [0.2, 0.25) is 0 Å². The van der Waals surface area contributed by atoms with Crippen molar-refractivity contribution in [1.82, 2.24) is 19.6 Å². The molecule has 1 aliphatic rings. The maximum absolute atomic E-state index is 12.8. The molecule has 5 nitrogen and oxygen atoms in total. The van der Waals surface area contributed by atoms with Crippen LogP contribution in [0, 0.1) is 0 Å². The summed E-state index contributed by atoms with van der Waals surface area (Å²) in [7, 11) is 1.90. The molecule has 1 saturated heterocycles. The molecule has 0 atom stereocenters. The summed E-state index contributed by atoms with van der Waals surface area (Å²) in [4.78, 5) is 17.0. The molecular formula is C20H28N4O. The van der Waals surface area contributed by atoms with Gasteiger partial charge < -0.3 is 9.80 Å². The third-order valence-corrected chi connectivity index (χ3v) is 5.08. The summed E-state index contributed by atoms with van der Waals surface area (Å²) in [5, 5.41) is 4.47. The van der Waals surface area contributed by atoms with Crippen molar-refractivity contribution in [2.24, 2.45) is 7.05 Å². The summed E-state index contributed by atoms with van der Waals surface area (Å²) in [5.41, 5.74) is 3.92. The number of piperazine rings is 1. The van der Waals surface area contributed by atoms with E-state index in [0.29, 0.717) is 11.6 Å². The van der Waals surface area contributed by atoms with Crippen LogP contribution in [0.3, 0.4) is 0 Å². The van der Waals surface area contributed by atoms with Gasteiger partial charge in [-0.15, -0.1) is 0 Å². The maximum atomic E-state index is 12.8. The number of amides is 1. The highest BCUT2D eigenvalue weighted by molar-refractivity contribution is 5.93. The normalized spacial score (nSPS) is 15.8. The monoisotopic (exact) mass is 340 g/mol. The van der Waals surface area contributed by atoms with Crippen LogP contribution in [0.1, 0.15) is 42.7 Å². The number of hydrogen-bond acceptors (Lipinski definition) is 3. The molecule has 3 rings (SSSR count). The number of aryl methyl sites for hydroxylation is 1. The number of hydrogen-bond donors (Lipinski definition) is 0. The summed E-state index contributed by atoms with van der Waals surface area (Å²) in [6.07, 6.45) is 0. The third-order valence-electron chi connectivity index (χ3n) is 5.08. The average Bonchev–Trinajstić information content (AvgIpc) is 3.03. The SMILES string of the molecule is CCN1CCN(C(=O)c2cc(-c3ccc(C(C)C)cc3)n(C)n2)CC1. The Bertz CT molecular complexity index is 725. The Hall–Kier alpha value is -2.14. The van der Waals surface area contributed by atoms with Crippen molar-refractivity contribution in [3.8, 4) is 11.3 Å². The molecule has 1 fully saturated rings. The van der Waals surface area contributed by atoms with Crippen LogP contribution >= 0.6 is 0 Å². The Balaban J connectivity index is 1.77. The summed E-state index contributed by atoms with van der Waals surface area (Å²) < 4.78 is 1.81. The lowest BCUT2D eigenvalue weighted by Crippen LogP contribution is -2.48. The summed E-state index contributed by atoms with van der Waals surface area (Å²) >= 11 is 0. The van der Waals surface area contributed by atoms with Gasteiger partial charge in [0, 0.05) is 33.2 Å². The zero-order valence-electron chi connectivity index (χ0n) is 15.7. The molecule has 25 heavy (non-hydrogen) atoms. The van der Waals surface area contributed by atoms with E-state index in [4.69, 9.17) is 0 Å². The first-order valence-electron chi connectivity index (χ1n) is 9.15. The van der Waals surface area contributed by atoms with Gasteiger partial charge in [-0.05, 0) is 29.7 Å². The molecule has 0 spiro atoms. The highest BCUT2D eigenvalue weighted by atomic mass is 16.2. The molecule has 0 unspecified atom stereocenters. The fourth-order valence-electron chi connectivity index (χ4n) is 3.31. The lowest BCUT2D eigenvalue weighted by atomic mass is 10.0. The van der Waals surface area contributed by atoms with Crippen molar-refractivity contribution in [1.29, 1.82) is 0 Å². The molecule has 2 aromatic rings. The fourth-order valence-corrected chi connectivity index (χ4v) is 3.31. The number of nitrogens with zero attached hydrogens (tertiary/aromatic N) is 4. The van der Waals surface area contributed by atoms with Crippen LogP contribution in [-0.4, -0.2) is 58.2 Å². The van der Waals surface area contributed by atoms with E-state index in [-0.39, 0.29) is 5.91 Å². The van der Waals surface area contributed by atoms with Crippen molar-refractivity contribution in [2.75, 3.05) is 32.7 Å². The molecule has 2 heterocycles. The third kappa shape index (κ3) is 3.76. The standard InChI is InChI=1S/C20H28N4O/c1-5-23-10-12-24(13-11-23)20(25)18-14-19(22(4)21-18)17-8-6-16(7-9-17)15(2)3/h6-9,14-15H,5,10-13H2,1-4H3. The Morgan fingerprint density at radius 2 is 1.76 bits per heavy atom. The molecule has 5 heteroatoms. The number of rotatable bonds is 4. The predicted octanol–water partition coefficient (Wildman–Crippen LogP) is 2.99. The molecule has 0 bridgehead atoms. The number of carbonyl (C=O) groups is 1. The van der Waals surface area contributed by atoms with Crippen LogP contribution in [0.5, 0.6) is 0 Å². The molecule has 0 radical (unpaired) electrons. The van der Waals surface area contributed by atoms with Gasteiger partial charge in [0.05, 0.1) is 5.69 Å². The Morgan fingerprint density at radius 3 is 2.32 bits per heavy atom. The second-order valence-electron chi connectivity index (χ2n) is 7.04. The zero-order chi connectivity index (χ0) is 18.0. The van der Waals surface area contributed by atoms with Crippen molar-refractivity contribution in [3.05, 3.63) is 41.6 Å². The van der Waals surface area contributed by atoms with E-state index in [9.17, 15) is 4.79 Å². The van der Waals surface area contributed by atoms with Crippen molar-refractivity contribution >= 4 is 5.91 Å². The molecule has 0 saturated carbocycles. The van der Waals surface area contributed by atoms with E-state index in [1.807, 2.05) is 18.0 Å². The smallest absolute Gasteiger partial charge is 0.274 e. The van der Waals surface area contributed by atoms with Gasteiger partial charge in [-0.25, -0.2) is 0 Å². The average molecular weight is 340 g/mol. The van der Waals surface area contributed by atoms with Crippen molar-refractivity contribution in [3.63, 3.8) is 0 Å². The van der Waals surface area contributed by atoms with Crippen LogP contribution < -0.4 is 0 Å². The Morgan fingerprint density at radius 1 is 1.12 bits per heavy atom. The Labute approximate surface area is 150 Å². The highest BCUT2D eigenvalue weighted by Gasteiger charge is 2.24. The molecule has 0 N–H and O–H groups in total. The number of likely N-dealkylation sites (N-methyl/N-ethyl adjacent to an activating group) is 1. The van der Waals surface area contributed by atoms with Crippen LogP contribution in [0.25, 0.3) is 11.3 Å². The fraction of sp³-hybridized carbons (Fsp3) is 0.500. The molecule has 0 aliphatic carbocycles. The maximum Gasteiger partial charge on any atom is 0.274 e. The summed E-state index contributed by atoms with van der Waals surface area (Å²) in [6, 6.07) is 10.4. The summed E-state index contributed by atoms with van der Waals surface area (Å²) in [6.45, 7) is 11.0. The van der Waals surface area contributed by atoms with Gasteiger partial charge >= 0.3 is 0 Å². The first-order valence-corrected chi connectivity index (χ1v) is 9.15. The molecule has 1 amide bonds. The van der Waals surface area contributed by atoms with Gasteiger partial charge in [-0.1, -0.05) is 45.0 Å². The predicted molar refractivity (Wildman–Crippen MR) is 101 cm³/mol. The second-order valence-corrected chi connectivity index (χ2v) is 7.04. The summed E-state index contributed by atoms with van der Waals surface area (Å²) in [5.74, 6) is 0.552. The molecule has 134 valence electrons. The van der Waals surface area contributed by atoms with E-state index in [2.05, 4.69) is 55.0 Å². The van der Waals surface area contributed by atoms with E-state index in [1.54, 1.807) is 4.68 Å². The lowest BCUT2D eigenvalue weighted by molar-refractivity contribution is 0.0637. The molecule has 1 aliphatic heterocycles. The first-order chi connectivity index (χ1) is 12.0. The largest absolute Gasteiger partial charge is 0.335 e. The number of aromatic nitrogens is 2. The number of carbonyl (C=O) groups excluding carboxylic acids is 1. The minimum Gasteiger partial charge on any atom is -0.335 e. The van der Waals surface area contributed by atoms with Crippen LogP contribution in [0.2, 0.25) is 0 Å². The van der Waals surface area contributed by atoms with E-state index in [1.165, 1.54) is 5.56 Å². The van der Waals surface area contributed by atoms with Gasteiger partial charge in [0.25, 0.3) is 5.91 Å². The van der Waals surface area contributed by atoms with Crippen molar-refractivity contribution < 1.29 is 4.79 Å².